The van der Waals surface area contributed by atoms with E-state index in [1.54, 1.807) is 64.7 Å². The Kier molecular flexibility index (Phi) is 4.45. The minimum atomic E-state index is -0.466. The molecule has 1 unspecified atom stereocenters. The van der Waals surface area contributed by atoms with Gasteiger partial charge < -0.3 is 9.64 Å². The molecule has 3 heterocycles. The lowest BCUT2D eigenvalue weighted by Crippen LogP contribution is -2.42. The van der Waals surface area contributed by atoms with Gasteiger partial charge in [-0.05, 0) is 18.2 Å². The highest BCUT2D eigenvalue weighted by Gasteiger charge is 2.27. The maximum atomic E-state index is 14.0. The van der Waals surface area contributed by atoms with E-state index in [2.05, 4.69) is 9.97 Å². The van der Waals surface area contributed by atoms with E-state index < -0.39 is 6.10 Å². The van der Waals surface area contributed by atoms with E-state index in [-0.39, 0.29) is 11.7 Å². The summed E-state index contributed by atoms with van der Waals surface area (Å²) in [5.41, 5.74) is 0.960. The van der Waals surface area contributed by atoms with Crippen LogP contribution in [0.3, 0.4) is 0 Å². The Bertz CT molecular complexity index is 896. The molecule has 0 spiro atoms. The van der Waals surface area contributed by atoms with Gasteiger partial charge in [-0.2, -0.15) is 0 Å². The lowest BCUT2D eigenvalue weighted by Gasteiger charge is -2.33. The molecule has 1 aliphatic rings. The monoisotopic (exact) mass is 352 g/mol. The Morgan fingerprint density at radius 3 is 2.85 bits per heavy atom. The fourth-order valence-corrected chi connectivity index (χ4v) is 3.00. The van der Waals surface area contributed by atoms with E-state index >= 15 is 0 Å². The van der Waals surface area contributed by atoms with Gasteiger partial charge in [0.15, 0.2) is 0 Å². The molecule has 0 saturated carbocycles. The number of ether oxygens (including phenoxy) is 1. The number of halogens is 1. The topological polar surface area (TPSA) is 60.2 Å². The number of hydrogen-bond acceptors (Lipinski definition) is 4. The van der Waals surface area contributed by atoms with E-state index in [1.807, 2.05) is 0 Å². The normalized spacial score (nSPS) is 17.3. The third kappa shape index (κ3) is 3.21. The summed E-state index contributed by atoms with van der Waals surface area (Å²) in [7, 11) is 0. The van der Waals surface area contributed by atoms with Crippen molar-refractivity contribution in [3.05, 3.63) is 78.3 Å². The Morgan fingerprint density at radius 2 is 2.12 bits per heavy atom. The van der Waals surface area contributed by atoms with Crippen LogP contribution in [0.4, 0.5) is 4.39 Å². The zero-order valence-corrected chi connectivity index (χ0v) is 14.0. The Balaban J connectivity index is 1.50. The number of pyridine rings is 1. The Labute approximate surface area is 149 Å². The molecule has 2 aromatic heterocycles. The number of carbonyl (C=O) groups excluding carboxylic acids is 1. The van der Waals surface area contributed by atoms with Crippen LogP contribution in [0.15, 0.2) is 61.3 Å². The number of rotatable bonds is 3. The van der Waals surface area contributed by atoms with Gasteiger partial charge in [0.05, 0.1) is 18.7 Å². The molecular weight excluding hydrogens is 335 g/mol. The third-order valence-corrected chi connectivity index (χ3v) is 4.37. The molecule has 3 aromatic rings. The number of hydrogen-bond donors (Lipinski definition) is 0. The molecule has 0 bridgehead atoms. The molecule has 4 rings (SSSR count). The summed E-state index contributed by atoms with van der Waals surface area (Å²) >= 11 is 0. The van der Waals surface area contributed by atoms with E-state index in [4.69, 9.17) is 4.74 Å². The lowest BCUT2D eigenvalue weighted by atomic mass is 10.1. The van der Waals surface area contributed by atoms with Crippen molar-refractivity contribution in [2.24, 2.45) is 0 Å². The van der Waals surface area contributed by atoms with Crippen molar-refractivity contribution in [3.63, 3.8) is 0 Å². The summed E-state index contributed by atoms with van der Waals surface area (Å²) in [5.74, 6) is 0.225. The molecule has 1 amide bonds. The van der Waals surface area contributed by atoms with Gasteiger partial charge in [-0.15, -0.1) is 0 Å². The number of aromatic nitrogens is 3. The average molecular weight is 352 g/mol. The van der Waals surface area contributed by atoms with Gasteiger partial charge in [-0.1, -0.05) is 18.2 Å². The third-order valence-electron chi connectivity index (χ3n) is 4.37. The molecule has 1 aliphatic heterocycles. The lowest BCUT2D eigenvalue weighted by molar-refractivity contribution is -0.0243. The molecule has 0 N–H and O–H groups in total. The largest absolute Gasteiger partial charge is 0.370 e. The minimum Gasteiger partial charge on any atom is -0.370 e. The average Bonchev–Trinajstić information content (AvgIpc) is 3.23. The summed E-state index contributed by atoms with van der Waals surface area (Å²) < 4.78 is 21.4. The molecule has 1 atom stereocenters. The van der Waals surface area contributed by atoms with Crippen LogP contribution in [0.5, 0.6) is 0 Å². The van der Waals surface area contributed by atoms with Crippen LogP contribution in [0, 0.1) is 5.82 Å². The molecule has 1 saturated heterocycles. The number of nitrogens with zero attached hydrogens (tertiary/aromatic N) is 4. The molecule has 7 heteroatoms. The number of morpholine rings is 1. The molecule has 132 valence electrons. The van der Waals surface area contributed by atoms with Gasteiger partial charge in [0.1, 0.15) is 24.1 Å². The molecule has 1 fully saturated rings. The van der Waals surface area contributed by atoms with Gasteiger partial charge in [0.2, 0.25) is 0 Å². The molecular formula is C19H17FN4O2. The first-order chi connectivity index (χ1) is 12.7. The maximum absolute atomic E-state index is 14.0. The minimum absolute atomic E-state index is 0.140. The predicted octanol–water partition coefficient (Wildman–Crippen LogP) is 2.62. The van der Waals surface area contributed by atoms with E-state index in [0.29, 0.717) is 36.6 Å². The van der Waals surface area contributed by atoms with Crippen LogP contribution in [0.2, 0.25) is 0 Å². The van der Waals surface area contributed by atoms with Crippen molar-refractivity contribution in [1.29, 1.82) is 0 Å². The molecule has 0 radical (unpaired) electrons. The quantitative estimate of drug-likeness (QED) is 0.727. The van der Waals surface area contributed by atoms with Crippen molar-refractivity contribution in [2.45, 2.75) is 6.10 Å². The van der Waals surface area contributed by atoms with Crippen molar-refractivity contribution >= 4 is 5.91 Å². The van der Waals surface area contributed by atoms with E-state index in [0.717, 1.165) is 0 Å². The van der Waals surface area contributed by atoms with Gasteiger partial charge in [-0.3, -0.25) is 9.36 Å². The van der Waals surface area contributed by atoms with Crippen molar-refractivity contribution < 1.29 is 13.9 Å². The van der Waals surface area contributed by atoms with Crippen LogP contribution >= 0.6 is 0 Å². The van der Waals surface area contributed by atoms with E-state index in [9.17, 15) is 9.18 Å². The first kappa shape index (κ1) is 16.4. The van der Waals surface area contributed by atoms with Crippen molar-refractivity contribution in [1.82, 2.24) is 19.4 Å². The fourth-order valence-electron chi connectivity index (χ4n) is 3.00. The number of amides is 1. The number of carbonyl (C=O) groups is 1. The summed E-state index contributed by atoms with van der Waals surface area (Å²) in [6.45, 7) is 1.14. The van der Waals surface area contributed by atoms with Gasteiger partial charge in [0, 0.05) is 30.7 Å². The van der Waals surface area contributed by atoms with Crippen LogP contribution in [-0.4, -0.2) is 45.0 Å². The van der Waals surface area contributed by atoms with Crippen molar-refractivity contribution in [2.75, 3.05) is 19.7 Å². The molecule has 1 aromatic carbocycles. The second-order valence-corrected chi connectivity index (χ2v) is 6.01. The number of imidazole rings is 1. The van der Waals surface area contributed by atoms with Gasteiger partial charge >= 0.3 is 0 Å². The standard InChI is InChI=1S/C19H17FN4O2/c20-16-4-2-1-3-15(16)17-12-23(9-10-26-17)19(25)14-5-6-18(22-11-14)24-8-7-21-13-24/h1-8,11,13,17H,9-10,12H2. The second-order valence-electron chi connectivity index (χ2n) is 6.01. The zero-order valence-electron chi connectivity index (χ0n) is 14.0. The molecule has 0 aliphatic carbocycles. The van der Waals surface area contributed by atoms with Gasteiger partial charge in [-0.25, -0.2) is 14.4 Å². The highest BCUT2D eigenvalue weighted by Crippen LogP contribution is 2.25. The first-order valence-corrected chi connectivity index (χ1v) is 8.32. The Morgan fingerprint density at radius 1 is 1.23 bits per heavy atom. The van der Waals surface area contributed by atoms with Crippen LogP contribution in [-0.2, 0) is 4.74 Å². The van der Waals surface area contributed by atoms with Crippen LogP contribution in [0.25, 0.3) is 5.82 Å². The van der Waals surface area contributed by atoms with Crippen LogP contribution < -0.4 is 0 Å². The maximum Gasteiger partial charge on any atom is 0.255 e. The first-order valence-electron chi connectivity index (χ1n) is 8.32. The summed E-state index contributed by atoms with van der Waals surface area (Å²) in [6, 6.07) is 10.00. The van der Waals surface area contributed by atoms with Crippen molar-refractivity contribution in [3.8, 4) is 5.82 Å². The zero-order chi connectivity index (χ0) is 17.9. The molecule has 6 nitrogen and oxygen atoms in total. The smallest absolute Gasteiger partial charge is 0.255 e. The highest BCUT2D eigenvalue weighted by molar-refractivity contribution is 5.94. The summed E-state index contributed by atoms with van der Waals surface area (Å²) in [5, 5.41) is 0. The second kappa shape index (κ2) is 7.05. The fraction of sp³-hybridized carbons (Fsp3) is 0.211. The molecule has 26 heavy (non-hydrogen) atoms. The SMILES string of the molecule is O=C(c1ccc(-n2ccnc2)nc1)N1CCOC(c2ccccc2F)C1. The van der Waals surface area contributed by atoms with E-state index in [1.165, 1.54) is 6.07 Å². The highest BCUT2D eigenvalue weighted by atomic mass is 19.1. The summed E-state index contributed by atoms with van der Waals surface area (Å²) in [4.78, 5) is 22.7. The summed E-state index contributed by atoms with van der Waals surface area (Å²) in [6.07, 6.45) is 6.17. The predicted molar refractivity (Wildman–Crippen MR) is 92.4 cm³/mol. The van der Waals surface area contributed by atoms with Gasteiger partial charge in [0.25, 0.3) is 5.91 Å². The van der Waals surface area contributed by atoms with Crippen LogP contribution in [0.1, 0.15) is 22.0 Å². The Hall–Kier alpha value is -3.06. The number of benzene rings is 1.